The van der Waals surface area contributed by atoms with Gasteiger partial charge in [-0.3, -0.25) is 5.41 Å². The van der Waals surface area contributed by atoms with E-state index in [2.05, 4.69) is 11.2 Å². The maximum atomic E-state index is 14.3. The average Bonchev–Trinajstić information content (AvgIpc) is 3.59. The minimum Gasteiger partial charge on any atom is -0.497 e. The molecule has 1 saturated heterocycles. The topological polar surface area (TPSA) is 90.4 Å². The van der Waals surface area contributed by atoms with Crippen LogP contribution in [0.15, 0.2) is 36.4 Å². The number of hydrogen-bond acceptors (Lipinski definition) is 7. The minimum atomic E-state index is -4.66. The van der Waals surface area contributed by atoms with Gasteiger partial charge in [0.05, 0.1) is 42.9 Å². The summed E-state index contributed by atoms with van der Waals surface area (Å²) < 4.78 is 54.7. The van der Waals surface area contributed by atoms with Gasteiger partial charge in [-0.1, -0.05) is 0 Å². The number of methoxy groups -OCH3 is 2. The normalized spacial score (nSPS) is 14.9. The van der Waals surface area contributed by atoms with E-state index in [9.17, 15) is 18.4 Å². The van der Waals surface area contributed by atoms with E-state index in [1.54, 1.807) is 23.1 Å². The standard InChI is InChI=1S/C27H27F3N6O2/c1-37-19-13-17(14-20(16-19)38-2)24-21-7-11-35(12-8-31)25(21)26(32)36(33-24)23-15-18(34-9-3-4-10-34)5-6-22(23)27(28,29)30/h5-6,13-16,32H,3-4,7,9-12H2,1-2H3. The molecule has 0 spiro atoms. The number of alkyl halides is 3. The first kappa shape index (κ1) is 25.4. The minimum absolute atomic E-state index is 0.00368. The zero-order valence-electron chi connectivity index (χ0n) is 21.1. The zero-order chi connectivity index (χ0) is 27.0. The molecule has 38 heavy (non-hydrogen) atoms. The van der Waals surface area contributed by atoms with Gasteiger partial charge < -0.3 is 19.3 Å². The first-order valence-corrected chi connectivity index (χ1v) is 12.3. The van der Waals surface area contributed by atoms with Crippen molar-refractivity contribution in [1.82, 2.24) is 9.78 Å². The highest BCUT2D eigenvalue weighted by atomic mass is 19.4. The van der Waals surface area contributed by atoms with Crippen molar-refractivity contribution in [3.8, 4) is 34.5 Å². The molecule has 0 aliphatic carbocycles. The molecule has 0 saturated carbocycles. The highest BCUT2D eigenvalue weighted by Crippen LogP contribution is 2.39. The van der Waals surface area contributed by atoms with Gasteiger partial charge in [-0.05, 0) is 49.6 Å². The monoisotopic (exact) mass is 524 g/mol. The van der Waals surface area contributed by atoms with Crippen molar-refractivity contribution in [3.05, 3.63) is 53.0 Å². The van der Waals surface area contributed by atoms with Gasteiger partial charge in [-0.2, -0.15) is 23.5 Å². The number of rotatable bonds is 6. The Balaban J connectivity index is 1.81. The lowest BCUT2D eigenvalue weighted by molar-refractivity contribution is -0.137. The number of nitriles is 1. The van der Waals surface area contributed by atoms with Crippen LogP contribution in [0.5, 0.6) is 11.5 Å². The van der Waals surface area contributed by atoms with E-state index in [0.29, 0.717) is 52.7 Å². The van der Waals surface area contributed by atoms with Crippen LogP contribution in [0.25, 0.3) is 16.9 Å². The van der Waals surface area contributed by atoms with Crippen LogP contribution in [0.2, 0.25) is 0 Å². The first-order valence-electron chi connectivity index (χ1n) is 12.3. The third kappa shape index (κ3) is 4.51. The lowest BCUT2D eigenvalue weighted by atomic mass is 10.0. The summed E-state index contributed by atoms with van der Waals surface area (Å²) in [5.74, 6) is 0.991. The molecule has 198 valence electrons. The van der Waals surface area contributed by atoms with E-state index in [1.807, 2.05) is 4.90 Å². The molecule has 1 N–H and O–H groups in total. The highest BCUT2D eigenvalue weighted by molar-refractivity contribution is 5.75. The summed E-state index contributed by atoms with van der Waals surface area (Å²) in [6.45, 7) is 1.97. The predicted octanol–water partition coefficient (Wildman–Crippen LogP) is 4.54. The van der Waals surface area contributed by atoms with Gasteiger partial charge in [0.2, 0.25) is 0 Å². The fourth-order valence-corrected chi connectivity index (χ4v) is 5.20. The molecule has 2 aliphatic rings. The number of ether oxygens (including phenoxy) is 2. The SMILES string of the molecule is COc1cc(OC)cc(-c2nn(-c3cc(N4CCCC4)ccc3C(F)(F)F)c(=N)c3c2CCN3CC#N)c1. The van der Waals surface area contributed by atoms with E-state index in [0.717, 1.165) is 36.7 Å². The molecule has 0 amide bonds. The van der Waals surface area contributed by atoms with Crippen molar-refractivity contribution >= 4 is 11.4 Å². The maximum Gasteiger partial charge on any atom is 0.418 e. The van der Waals surface area contributed by atoms with Gasteiger partial charge in [-0.25, -0.2) is 4.68 Å². The van der Waals surface area contributed by atoms with Gasteiger partial charge in [-0.15, -0.1) is 0 Å². The smallest absolute Gasteiger partial charge is 0.418 e. The molecule has 0 unspecified atom stereocenters. The van der Waals surface area contributed by atoms with Crippen LogP contribution in [-0.4, -0.2) is 50.2 Å². The predicted molar refractivity (Wildman–Crippen MR) is 136 cm³/mol. The molecular formula is C27H27F3N6O2. The van der Waals surface area contributed by atoms with E-state index >= 15 is 0 Å². The number of halogens is 3. The van der Waals surface area contributed by atoms with Crippen molar-refractivity contribution in [3.63, 3.8) is 0 Å². The molecule has 3 heterocycles. The van der Waals surface area contributed by atoms with Gasteiger partial charge in [0, 0.05) is 42.5 Å². The Kier molecular flexibility index (Phi) is 6.65. The molecule has 5 rings (SSSR count). The van der Waals surface area contributed by atoms with Crippen molar-refractivity contribution in [2.24, 2.45) is 0 Å². The Hall–Kier alpha value is -4.20. The summed E-state index contributed by atoms with van der Waals surface area (Å²) in [5, 5.41) is 23.0. The van der Waals surface area contributed by atoms with Crippen LogP contribution in [0.3, 0.4) is 0 Å². The quantitative estimate of drug-likeness (QED) is 0.476. The van der Waals surface area contributed by atoms with Crippen LogP contribution >= 0.6 is 0 Å². The second-order valence-corrected chi connectivity index (χ2v) is 9.26. The summed E-state index contributed by atoms with van der Waals surface area (Å²) >= 11 is 0. The summed E-state index contributed by atoms with van der Waals surface area (Å²) in [5.41, 5.74) is 1.43. The molecule has 0 radical (unpaired) electrons. The Morgan fingerprint density at radius 2 is 1.71 bits per heavy atom. The van der Waals surface area contributed by atoms with Crippen LogP contribution in [0.1, 0.15) is 24.0 Å². The Bertz CT molecular complexity index is 1450. The van der Waals surface area contributed by atoms with Gasteiger partial charge in [0.1, 0.15) is 18.0 Å². The van der Waals surface area contributed by atoms with Crippen molar-refractivity contribution < 1.29 is 22.6 Å². The number of anilines is 2. The Morgan fingerprint density at radius 1 is 1.03 bits per heavy atom. The lowest BCUT2D eigenvalue weighted by Gasteiger charge is -2.23. The zero-order valence-corrected chi connectivity index (χ0v) is 21.1. The average molecular weight is 525 g/mol. The number of benzene rings is 2. The summed E-state index contributed by atoms with van der Waals surface area (Å²) in [6, 6.07) is 11.3. The fourth-order valence-electron chi connectivity index (χ4n) is 5.20. The number of nitrogens with zero attached hydrogens (tertiary/aromatic N) is 5. The van der Waals surface area contributed by atoms with Crippen molar-refractivity contribution in [1.29, 1.82) is 10.7 Å². The largest absolute Gasteiger partial charge is 0.497 e. The summed E-state index contributed by atoms with van der Waals surface area (Å²) in [6.07, 6.45) is -2.24. The van der Waals surface area contributed by atoms with Crippen LogP contribution in [0, 0.1) is 16.7 Å². The van der Waals surface area contributed by atoms with Crippen molar-refractivity contribution in [2.45, 2.75) is 25.4 Å². The third-order valence-corrected chi connectivity index (χ3v) is 7.03. The molecule has 3 aromatic rings. The molecule has 1 aromatic heterocycles. The summed E-state index contributed by atoms with van der Waals surface area (Å²) in [4.78, 5) is 3.76. The van der Waals surface area contributed by atoms with E-state index < -0.39 is 11.7 Å². The molecule has 0 atom stereocenters. The van der Waals surface area contributed by atoms with E-state index in [1.165, 1.54) is 26.4 Å². The molecule has 2 aromatic carbocycles. The molecule has 0 bridgehead atoms. The molecular weight excluding hydrogens is 497 g/mol. The molecule has 11 heteroatoms. The van der Waals surface area contributed by atoms with Crippen LogP contribution in [0.4, 0.5) is 24.5 Å². The second kappa shape index (κ2) is 9.93. The van der Waals surface area contributed by atoms with Gasteiger partial charge in [0.25, 0.3) is 0 Å². The first-order chi connectivity index (χ1) is 18.2. The Morgan fingerprint density at radius 3 is 2.32 bits per heavy atom. The van der Waals surface area contributed by atoms with Crippen LogP contribution in [-0.2, 0) is 12.6 Å². The number of aromatic nitrogens is 2. The van der Waals surface area contributed by atoms with Gasteiger partial charge >= 0.3 is 6.18 Å². The third-order valence-electron chi connectivity index (χ3n) is 7.03. The number of fused-ring (bicyclic) bond motifs is 1. The van der Waals surface area contributed by atoms with E-state index in [4.69, 9.17) is 14.9 Å². The molecule has 8 nitrogen and oxygen atoms in total. The van der Waals surface area contributed by atoms with Crippen LogP contribution < -0.4 is 24.8 Å². The number of nitrogens with one attached hydrogen (secondary N) is 1. The molecule has 2 aliphatic heterocycles. The number of hydrogen-bond donors (Lipinski definition) is 1. The van der Waals surface area contributed by atoms with E-state index in [-0.39, 0.29) is 17.7 Å². The van der Waals surface area contributed by atoms with Gasteiger partial charge in [0.15, 0.2) is 5.49 Å². The van der Waals surface area contributed by atoms with Crippen molar-refractivity contribution in [2.75, 3.05) is 50.2 Å². The lowest BCUT2D eigenvalue weighted by Crippen LogP contribution is -2.32. The molecule has 1 fully saturated rings. The maximum absolute atomic E-state index is 14.3. The fraction of sp³-hybridized carbons (Fsp3) is 0.370. The summed E-state index contributed by atoms with van der Waals surface area (Å²) in [7, 11) is 3.02. The Labute approximate surface area is 217 Å². The highest BCUT2D eigenvalue weighted by Gasteiger charge is 2.36. The second-order valence-electron chi connectivity index (χ2n) is 9.26.